The van der Waals surface area contributed by atoms with E-state index >= 15 is 0 Å². The highest BCUT2D eigenvalue weighted by Gasteiger charge is 2.36. The van der Waals surface area contributed by atoms with E-state index in [1.807, 2.05) is 0 Å². The van der Waals surface area contributed by atoms with Crippen LogP contribution in [0.25, 0.3) is 0 Å². The van der Waals surface area contributed by atoms with Crippen molar-refractivity contribution in [2.75, 3.05) is 6.61 Å². The van der Waals surface area contributed by atoms with Gasteiger partial charge >= 0.3 is 6.18 Å². The third kappa shape index (κ3) is 3.01. The number of rotatable bonds is 3. The standard InChI is InChI=1S/C10H12F3NO3/c11-10(12,13)7-4-5(16)3-6(9(7)17)8(14)1-2-15/h3-4,8,15-17H,1-2,14H2. The van der Waals surface area contributed by atoms with Gasteiger partial charge in [0.1, 0.15) is 17.1 Å². The molecule has 0 saturated heterocycles. The number of aliphatic hydroxyl groups is 1. The van der Waals surface area contributed by atoms with Crippen LogP contribution in [-0.4, -0.2) is 21.9 Å². The number of aliphatic hydroxyl groups excluding tert-OH is 1. The Morgan fingerprint density at radius 3 is 2.29 bits per heavy atom. The normalized spacial score (nSPS) is 13.7. The summed E-state index contributed by atoms with van der Waals surface area (Å²) in [6.07, 6.45) is -4.80. The summed E-state index contributed by atoms with van der Waals surface area (Å²) in [5.74, 6) is -1.66. The molecule has 0 fully saturated rings. The van der Waals surface area contributed by atoms with Crippen LogP contribution < -0.4 is 5.73 Å². The maximum Gasteiger partial charge on any atom is 0.420 e. The number of phenolic OH excluding ortho intramolecular Hbond substituents is 2. The van der Waals surface area contributed by atoms with Gasteiger partial charge in [-0.1, -0.05) is 0 Å². The van der Waals surface area contributed by atoms with Crippen LogP contribution in [0.2, 0.25) is 0 Å². The van der Waals surface area contributed by atoms with E-state index in [0.717, 1.165) is 6.07 Å². The molecule has 1 rings (SSSR count). The van der Waals surface area contributed by atoms with E-state index in [1.165, 1.54) is 0 Å². The summed E-state index contributed by atoms with van der Waals surface area (Å²) in [7, 11) is 0. The van der Waals surface area contributed by atoms with Crippen LogP contribution in [0.5, 0.6) is 11.5 Å². The second-order valence-corrected chi connectivity index (χ2v) is 3.55. The predicted molar refractivity (Wildman–Crippen MR) is 53.4 cm³/mol. The van der Waals surface area contributed by atoms with Gasteiger partial charge in [0.15, 0.2) is 0 Å². The number of nitrogens with two attached hydrogens (primary N) is 1. The van der Waals surface area contributed by atoms with Gasteiger partial charge in [-0.25, -0.2) is 0 Å². The number of phenols is 2. The Kier molecular flexibility index (Phi) is 3.84. The summed E-state index contributed by atoms with van der Waals surface area (Å²) in [4.78, 5) is 0. The molecule has 7 heteroatoms. The molecule has 0 aliphatic rings. The molecule has 0 bridgehead atoms. The SMILES string of the molecule is NC(CCO)c1cc(O)cc(C(F)(F)F)c1O. The van der Waals surface area contributed by atoms with Crippen molar-refractivity contribution in [1.82, 2.24) is 0 Å². The van der Waals surface area contributed by atoms with Crippen LogP contribution in [-0.2, 0) is 6.18 Å². The minimum atomic E-state index is -4.78. The van der Waals surface area contributed by atoms with E-state index < -0.39 is 29.3 Å². The Bertz CT molecular complexity index is 407. The number of benzene rings is 1. The summed E-state index contributed by atoms with van der Waals surface area (Å²) in [6, 6.07) is 0.392. The Hall–Kier alpha value is -1.47. The Morgan fingerprint density at radius 1 is 1.24 bits per heavy atom. The molecule has 0 radical (unpaired) electrons. The van der Waals surface area contributed by atoms with Gasteiger partial charge in [0.2, 0.25) is 0 Å². The van der Waals surface area contributed by atoms with Crippen LogP contribution in [0.3, 0.4) is 0 Å². The fraction of sp³-hybridized carbons (Fsp3) is 0.400. The lowest BCUT2D eigenvalue weighted by Gasteiger charge is -2.17. The number of aromatic hydroxyl groups is 2. The van der Waals surface area contributed by atoms with Crippen LogP contribution in [0.1, 0.15) is 23.6 Å². The monoisotopic (exact) mass is 251 g/mol. The second-order valence-electron chi connectivity index (χ2n) is 3.55. The lowest BCUT2D eigenvalue weighted by atomic mass is 9.99. The molecule has 5 N–H and O–H groups in total. The second kappa shape index (κ2) is 4.80. The first kappa shape index (κ1) is 13.6. The molecule has 0 aromatic heterocycles. The molecule has 4 nitrogen and oxygen atoms in total. The largest absolute Gasteiger partial charge is 0.508 e. The molecule has 1 aromatic rings. The van der Waals surface area contributed by atoms with Crippen LogP contribution in [0.15, 0.2) is 12.1 Å². The lowest BCUT2D eigenvalue weighted by molar-refractivity contribution is -0.139. The Morgan fingerprint density at radius 2 is 1.82 bits per heavy atom. The average molecular weight is 251 g/mol. The van der Waals surface area contributed by atoms with Gasteiger partial charge in [-0.05, 0) is 18.6 Å². The molecule has 0 spiro atoms. The first-order valence-corrected chi connectivity index (χ1v) is 4.77. The van der Waals surface area contributed by atoms with Crippen molar-refractivity contribution in [2.24, 2.45) is 5.73 Å². The highest BCUT2D eigenvalue weighted by atomic mass is 19.4. The van der Waals surface area contributed by atoms with Crippen molar-refractivity contribution in [3.05, 3.63) is 23.3 Å². The van der Waals surface area contributed by atoms with E-state index in [-0.39, 0.29) is 18.6 Å². The van der Waals surface area contributed by atoms with Crippen LogP contribution in [0.4, 0.5) is 13.2 Å². The average Bonchev–Trinajstić information content (AvgIpc) is 2.19. The topological polar surface area (TPSA) is 86.7 Å². The van der Waals surface area contributed by atoms with Crippen molar-refractivity contribution in [1.29, 1.82) is 0 Å². The van der Waals surface area contributed by atoms with E-state index in [4.69, 9.17) is 15.9 Å². The van der Waals surface area contributed by atoms with Crippen molar-refractivity contribution in [2.45, 2.75) is 18.6 Å². The first-order valence-electron chi connectivity index (χ1n) is 4.77. The number of hydrogen-bond acceptors (Lipinski definition) is 4. The molecule has 1 aromatic carbocycles. The highest BCUT2D eigenvalue weighted by Crippen LogP contribution is 2.41. The van der Waals surface area contributed by atoms with E-state index in [2.05, 4.69) is 0 Å². The smallest absolute Gasteiger partial charge is 0.420 e. The van der Waals surface area contributed by atoms with Gasteiger partial charge in [0, 0.05) is 18.2 Å². The zero-order chi connectivity index (χ0) is 13.2. The fourth-order valence-electron chi connectivity index (χ4n) is 1.43. The molecule has 0 heterocycles. The summed E-state index contributed by atoms with van der Waals surface area (Å²) in [5, 5.41) is 27.3. The molecule has 96 valence electrons. The van der Waals surface area contributed by atoms with Gasteiger partial charge in [-0.2, -0.15) is 13.2 Å². The predicted octanol–water partition coefficient (Wildman–Crippen LogP) is 1.50. The molecule has 0 amide bonds. The van der Waals surface area contributed by atoms with Gasteiger partial charge in [0.25, 0.3) is 0 Å². The van der Waals surface area contributed by atoms with Gasteiger partial charge in [-0.15, -0.1) is 0 Å². The van der Waals surface area contributed by atoms with Gasteiger partial charge in [0.05, 0.1) is 0 Å². The minimum Gasteiger partial charge on any atom is -0.508 e. The Labute approximate surface area is 95.1 Å². The maximum atomic E-state index is 12.5. The van der Waals surface area contributed by atoms with Crippen molar-refractivity contribution in [3.63, 3.8) is 0 Å². The first-order chi connectivity index (χ1) is 7.77. The summed E-state index contributed by atoms with van der Waals surface area (Å²) >= 11 is 0. The minimum absolute atomic E-state index is 0.0195. The third-order valence-electron chi connectivity index (χ3n) is 2.27. The van der Waals surface area contributed by atoms with E-state index in [9.17, 15) is 18.3 Å². The quantitative estimate of drug-likeness (QED) is 0.613. The Balaban J connectivity index is 3.28. The zero-order valence-corrected chi connectivity index (χ0v) is 8.70. The molecule has 17 heavy (non-hydrogen) atoms. The number of hydrogen-bond donors (Lipinski definition) is 4. The maximum absolute atomic E-state index is 12.5. The van der Waals surface area contributed by atoms with Crippen LogP contribution in [0, 0.1) is 0 Å². The molecule has 0 saturated carbocycles. The fourth-order valence-corrected chi connectivity index (χ4v) is 1.43. The molecular weight excluding hydrogens is 239 g/mol. The van der Waals surface area contributed by atoms with Gasteiger partial charge < -0.3 is 21.1 Å². The van der Waals surface area contributed by atoms with Gasteiger partial charge in [-0.3, -0.25) is 0 Å². The molecule has 0 aliphatic heterocycles. The van der Waals surface area contributed by atoms with Crippen molar-refractivity contribution >= 4 is 0 Å². The summed E-state index contributed by atoms with van der Waals surface area (Å²) in [6.45, 7) is -0.336. The molecular formula is C10H12F3NO3. The number of halogens is 3. The zero-order valence-electron chi connectivity index (χ0n) is 8.70. The molecule has 1 atom stereocenters. The molecule has 0 aliphatic carbocycles. The molecule has 1 unspecified atom stereocenters. The van der Waals surface area contributed by atoms with E-state index in [0.29, 0.717) is 6.07 Å². The third-order valence-corrected chi connectivity index (χ3v) is 2.27. The summed E-state index contributed by atoms with van der Waals surface area (Å²) < 4.78 is 37.5. The lowest BCUT2D eigenvalue weighted by Crippen LogP contribution is -2.14. The van der Waals surface area contributed by atoms with E-state index in [1.54, 1.807) is 0 Å². The van der Waals surface area contributed by atoms with Crippen LogP contribution >= 0.6 is 0 Å². The van der Waals surface area contributed by atoms with Crippen molar-refractivity contribution < 1.29 is 28.5 Å². The summed E-state index contributed by atoms with van der Waals surface area (Å²) in [5.41, 5.74) is 3.90. The van der Waals surface area contributed by atoms with Crippen molar-refractivity contribution in [3.8, 4) is 11.5 Å². The highest BCUT2D eigenvalue weighted by molar-refractivity contribution is 5.48. The number of alkyl halides is 3.